The molecular formula is C10H7F3S. The summed E-state index contributed by atoms with van der Waals surface area (Å²) in [4.78, 5) is 0. The van der Waals surface area contributed by atoms with Gasteiger partial charge in [-0.25, -0.2) is 13.2 Å². The SMILES string of the molecule is Cc1cc(C(F)F)c2sccc2c1F. The van der Waals surface area contributed by atoms with E-state index in [1.165, 1.54) is 19.1 Å². The summed E-state index contributed by atoms with van der Waals surface area (Å²) in [5.74, 6) is -0.398. The van der Waals surface area contributed by atoms with Crippen LogP contribution in [-0.4, -0.2) is 0 Å². The Balaban J connectivity index is 2.84. The summed E-state index contributed by atoms with van der Waals surface area (Å²) in [5.41, 5.74) is 0.195. The average Bonchev–Trinajstić information content (AvgIpc) is 2.59. The Morgan fingerprint density at radius 2 is 2.07 bits per heavy atom. The third-order valence-electron chi connectivity index (χ3n) is 2.12. The molecule has 0 radical (unpaired) electrons. The molecule has 0 fully saturated rings. The van der Waals surface area contributed by atoms with Crippen LogP contribution in [0.15, 0.2) is 17.5 Å². The lowest BCUT2D eigenvalue weighted by Crippen LogP contribution is -1.90. The Morgan fingerprint density at radius 1 is 1.36 bits per heavy atom. The molecule has 2 rings (SSSR count). The van der Waals surface area contributed by atoms with E-state index in [-0.39, 0.29) is 11.1 Å². The summed E-state index contributed by atoms with van der Waals surface area (Å²) in [5, 5.41) is 1.92. The monoisotopic (exact) mass is 216 g/mol. The predicted octanol–water partition coefficient (Wildman–Crippen LogP) is 4.29. The summed E-state index contributed by atoms with van der Waals surface area (Å²) >= 11 is 1.15. The molecule has 74 valence electrons. The minimum Gasteiger partial charge on any atom is -0.206 e. The molecule has 0 aliphatic rings. The number of rotatable bonds is 1. The van der Waals surface area contributed by atoms with E-state index in [0.717, 1.165) is 11.3 Å². The van der Waals surface area contributed by atoms with Gasteiger partial charge in [-0.15, -0.1) is 11.3 Å². The fraction of sp³-hybridized carbons (Fsp3) is 0.200. The second kappa shape index (κ2) is 3.28. The number of hydrogen-bond acceptors (Lipinski definition) is 1. The highest BCUT2D eigenvalue weighted by Crippen LogP contribution is 2.34. The molecule has 4 heteroatoms. The molecule has 0 saturated carbocycles. The second-order valence-corrected chi connectivity index (χ2v) is 3.98. The van der Waals surface area contributed by atoms with Crippen molar-refractivity contribution in [2.45, 2.75) is 13.3 Å². The zero-order valence-electron chi connectivity index (χ0n) is 7.35. The highest BCUT2D eigenvalue weighted by Gasteiger charge is 2.16. The number of halogens is 3. The zero-order valence-corrected chi connectivity index (χ0v) is 8.17. The van der Waals surface area contributed by atoms with Gasteiger partial charge in [0.25, 0.3) is 6.43 Å². The van der Waals surface area contributed by atoms with Gasteiger partial charge in [0, 0.05) is 15.6 Å². The maximum Gasteiger partial charge on any atom is 0.265 e. The Kier molecular flexibility index (Phi) is 2.23. The molecule has 0 spiro atoms. The lowest BCUT2D eigenvalue weighted by Gasteiger charge is -2.05. The Bertz CT molecular complexity index is 473. The maximum atomic E-state index is 13.4. The topological polar surface area (TPSA) is 0 Å². The van der Waals surface area contributed by atoms with Gasteiger partial charge in [0.05, 0.1) is 0 Å². The van der Waals surface area contributed by atoms with E-state index in [4.69, 9.17) is 0 Å². The molecule has 0 N–H and O–H groups in total. The van der Waals surface area contributed by atoms with Gasteiger partial charge < -0.3 is 0 Å². The van der Waals surface area contributed by atoms with Crippen molar-refractivity contribution in [2.75, 3.05) is 0 Å². The van der Waals surface area contributed by atoms with E-state index in [9.17, 15) is 13.2 Å². The first-order chi connectivity index (χ1) is 6.61. The Hall–Kier alpha value is -1.03. The molecule has 1 heterocycles. The number of thiophene rings is 1. The lowest BCUT2D eigenvalue weighted by atomic mass is 10.1. The van der Waals surface area contributed by atoms with E-state index in [1.54, 1.807) is 5.38 Å². The number of benzene rings is 1. The molecule has 0 aliphatic carbocycles. The van der Waals surface area contributed by atoms with Crippen LogP contribution in [0.25, 0.3) is 10.1 Å². The molecule has 0 unspecified atom stereocenters. The third kappa shape index (κ3) is 1.30. The molecule has 1 aromatic carbocycles. The van der Waals surface area contributed by atoms with E-state index in [0.29, 0.717) is 10.1 Å². The van der Waals surface area contributed by atoms with Crippen LogP contribution in [0, 0.1) is 12.7 Å². The molecule has 14 heavy (non-hydrogen) atoms. The van der Waals surface area contributed by atoms with Crippen molar-refractivity contribution in [3.8, 4) is 0 Å². The normalized spacial score (nSPS) is 11.5. The smallest absolute Gasteiger partial charge is 0.206 e. The van der Waals surface area contributed by atoms with Gasteiger partial charge in [-0.1, -0.05) is 0 Å². The summed E-state index contributed by atoms with van der Waals surface area (Å²) in [7, 11) is 0. The van der Waals surface area contributed by atoms with E-state index in [2.05, 4.69) is 0 Å². The Morgan fingerprint density at radius 3 is 2.71 bits per heavy atom. The average molecular weight is 216 g/mol. The van der Waals surface area contributed by atoms with Crippen molar-refractivity contribution in [1.29, 1.82) is 0 Å². The van der Waals surface area contributed by atoms with Crippen LogP contribution in [0.5, 0.6) is 0 Å². The van der Waals surface area contributed by atoms with Crippen LogP contribution in [-0.2, 0) is 0 Å². The van der Waals surface area contributed by atoms with Gasteiger partial charge in [-0.3, -0.25) is 0 Å². The van der Waals surface area contributed by atoms with Crippen LogP contribution in [0.1, 0.15) is 17.6 Å². The molecule has 1 aromatic heterocycles. The van der Waals surface area contributed by atoms with Crippen molar-refractivity contribution < 1.29 is 13.2 Å². The first kappa shape index (κ1) is 9.52. The molecule has 0 bridgehead atoms. The second-order valence-electron chi connectivity index (χ2n) is 3.06. The lowest BCUT2D eigenvalue weighted by molar-refractivity contribution is 0.153. The van der Waals surface area contributed by atoms with Crippen molar-refractivity contribution >= 4 is 21.4 Å². The van der Waals surface area contributed by atoms with Crippen LogP contribution >= 0.6 is 11.3 Å². The number of fused-ring (bicyclic) bond motifs is 1. The summed E-state index contributed by atoms with van der Waals surface area (Å²) in [6, 6.07) is 2.76. The molecule has 2 aromatic rings. The standard InChI is InChI=1S/C10H7F3S/c1-5-4-7(10(12)13)9-6(8(5)11)2-3-14-9/h2-4,10H,1H3. The number of aryl methyl sites for hydroxylation is 1. The number of alkyl halides is 2. The minimum absolute atomic E-state index is 0.0751. The largest absolute Gasteiger partial charge is 0.265 e. The highest BCUT2D eigenvalue weighted by atomic mass is 32.1. The predicted molar refractivity (Wildman–Crippen MR) is 51.5 cm³/mol. The summed E-state index contributed by atoms with van der Waals surface area (Å²) in [6.45, 7) is 1.50. The van der Waals surface area contributed by atoms with Crippen molar-refractivity contribution in [3.05, 3.63) is 34.5 Å². The highest BCUT2D eigenvalue weighted by molar-refractivity contribution is 7.17. The molecule has 0 nitrogen and oxygen atoms in total. The van der Waals surface area contributed by atoms with Crippen LogP contribution in [0.3, 0.4) is 0 Å². The van der Waals surface area contributed by atoms with Crippen molar-refractivity contribution in [3.63, 3.8) is 0 Å². The van der Waals surface area contributed by atoms with Crippen molar-refractivity contribution in [1.82, 2.24) is 0 Å². The van der Waals surface area contributed by atoms with Crippen molar-refractivity contribution in [2.24, 2.45) is 0 Å². The quantitative estimate of drug-likeness (QED) is 0.667. The molecule has 0 aliphatic heterocycles. The molecule has 0 amide bonds. The molecular weight excluding hydrogens is 209 g/mol. The van der Waals surface area contributed by atoms with Gasteiger partial charge in [-0.2, -0.15) is 0 Å². The Labute approximate surface area is 83.0 Å². The summed E-state index contributed by atoms with van der Waals surface area (Å²) in [6.07, 6.45) is -2.55. The first-order valence-electron chi connectivity index (χ1n) is 4.05. The molecule has 0 saturated heterocycles. The van der Waals surface area contributed by atoms with Crippen LogP contribution in [0.2, 0.25) is 0 Å². The van der Waals surface area contributed by atoms with Crippen LogP contribution in [0.4, 0.5) is 13.2 Å². The number of hydrogen-bond donors (Lipinski definition) is 0. The van der Waals surface area contributed by atoms with Gasteiger partial charge in [-0.05, 0) is 30.0 Å². The minimum atomic E-state index is -2.55. The third-order valence-corrected chi connectivity index (χ3v) is 3.08. The molecule has 0 atom stereocenters. The van der Waals surface area contributed by atoms with E-state index < -0.39 is 12.2 Å². The zero-order chi connectivity index (χ0) is 10.3. The van der Waals surface area contributed by atoms with Crippen LogP contribution < -0.4 is 0 Å². The summed E-state index contributed by atoms with van der Waals surface area (Å²) < 4.78 is 38.9. The first-order valence-corrected chi connectivity index (χ1v) is 4.93. The van der Waals surface area contributed by atoms with Gasteiger partial charge >= 0.3 is 0 Å². The fourth-order valence-corrected chi connectivity index (χ4v) is 2.35. The fourth-order valence-electron chi connectivity index (χ4n) is 1.44. The maximum absolute atomic E-state index is 13.4. The van der Waals surface area contributed by atoms with E-state index in [1.807, 2.05) is 0 Å². The van der Waals surface area contributed by atoms with Gasteiger partial charge in [0.1, 0.15) is 5.82 Å². The van der Waals surface area contributed by atoms with Gasteiger partial charge in [0.2, 0.25) is 0 Å². The van der Waals surface area contributed by atoms with E-state index >= 15 is 0 Å². The van der Waals surface area contributed by atoms with Gasteiger partial charge in [0.15, 0.2) is 0 Å².